The molecule has 4 rings (SSSR count). The summed E-state index contributed by atoms with van der Waals surface area (Å²) in [6.07, 6.45) is 0. The molecule has 164 valence electrons. The Labute approximate surface area is 188 Å². The van der Waals surface area contributed by atoms with E-state index in [0.29, 0.717) is 34.1 Å². The molecule has 0 aliphatic carbocycles. The van der Waals surface area contributed by atoms with Crippen molar-refractivity contribution >= 4 is 33.3 Å². The molecule has 0 saturated carbocycles. The SMILES string of the molecule is CC(C)N(CC(=O)Nc1nc(-c2ccc(F)cc2)cs1)Cc1nc2ccccc2c(=O)[nH]1. The van der Waals surface area contributed by atoms with Gasteiger partial charge in [-0.3, -0.25) is 14.5 Å². The van der Waals surface area contributed by atoms with Crippen molar-refractivity contribution in [3.8, 4) is 11.3 Å². The van der Waals surface area contributed by atoms with Gasteiger partial charge < -0.3 is 10.3 Å². The van der Waals surface area contributed by atoms with Gasteiger partial charge in [0.2, 0.25) is 5.91 Å². The average Bonchev–Trinajstić information content (AvgIpc) is 3.22. The van der Waals surface area contributed by atoms with Crippen LogP contribution in [-0.4, -0.2) is 38.3 Å². The number of hydrogen-bond acceptors (Lipinski definition) is 6. The second-order valence-corrected chi connectivity index (χ2v) is 8.48. The monoisotopic (exact) mass is 451 g/mol. The Bertz CT molecular complexity index is 1300. The number of carbonyl (C=O) groups is 1. The van der Waals surface area contributed by atoms with Gasteiger partial charge in [-0.05, 0) is 50.2 Å². The van der Waals surface area contributed by atoms with E-state index in [-0.39, 0.29) is 29.9 Å². The molecule has 0 bridgehead atoms. The fraction of sp³-hybridized carbons (Fsp3) is 0.217. The number of thiazole rings is 1. The number of benzene rings is 2. The van der Waals surface area contributed by atoms with E-state index in [9.17, 15) is 14.0 Å². The van der Waals surface area contributed by atoms with Crippen LogP contribution in [0.25, 0.3) is 22.2 Å². The lowest BCUT2D eigenvalue weighted by atomic mass is 10.2. The van der Waals surface area contributed by atoms with Crippen molar-refractivity contribution in [2.45, 2.75) is 26.4 Å². The minimum absolute atomic E-state index is 0.0450. The van der Waals surface area contributed by atoms with Crippen molar-refractivity contribution < 1.29 is 9.18 Å². The van der Waals surface area contributed by atoms with E-state index in [2.05, 4.69) is 20.3 Å². The third-order valence-corrected chi connectivity index (χ3v) is 5.74. The molecule has 2 heterocycles. The molecule has 2 N–H and O–H groups in total. The first-order chi connectivity index (χ1) is 15.4. The Balaban J connectivity index is 1.44. The molecule has 0 atom stereocenters. The molecule has 0 spiro atoms. The maximum Gasteiger partial charge on any atom is 0.258 e. The van der Waals surface area contributed by atoms with Crippen LogP contribution in [0.5, 0.6) is 0 Å². The molecule has 4 aromatic rings. The topological polar surface area (TPSA) is 91.0 Å². The molecule has 9 heteroatoms. The summed E-state index contributed by atoms with van der Waals surface area (Å²) in [6, 6.07) is 13.2. The summed E-state index contributed by atoms with van der Waals surface area (Å²) < 4.78 is 13.1. The summed E-state index contributed by atoms with van der Waals surface area (Å²) in [5.41, 5.74) is 1.87. The molecule has 1 amide bonds. The lowest BCUT2D eigenvalue weighted by molar-refractivity contribution is -0.117. The van der Waals surface area contributed by atoms with Crippen molar-refractivity contribution in [1.29, 1.82) is 0 Å². The Kier molecular flexibility index (Phi) is 6.38. The van der Waals surface area contributed by atoms with Gasteiger partial charge in [0.25, 0.3) is 5.56 Å². The number of nitrogens with zero attached hydrogens (tertiary/aromatic N) is 3. The van der Waals surface area contributed by atoms with Crippen LogP contribution in [-0.2, 0) is 11.3 Å². The van der Waals surface area contributed by atoms with Crippen LogP contribution in [0.2, 0.25) is 0 Å². The molecular formula is C23H22FN5O2S. The summed E-state index contributed by atoms with van der Waals surface area (Å²) in [4.78, 5) is 38.7. The molecule has 0 saturated heterocycles. The molecule has 2 aromatic heterocycles. The van der Waals surface area contributed by atoms with Crippen LogP contribution in [0.15, 0.2) is 58.7 Å². The summed E-state index contributed by atoms with van der Waals surface area (Å²) in [7, 11) is 0. The number of nitrogens with one attached hydrogen (secondary N) is 2. The Morgan fingerprint density at radius 1 is 1.16 bits per heavy atom. The minimum Gasteiger partial charge on any atom is -0.309 e. The van der Waals surface area contributed by atoms with E-state index in [1.54, 1.807) is 30.3 Å². The maximum absolute atomic E-state index is 13.1. The number of fused-ring (bicyclic) bond motifs is 1. The number of amides is 1. The zero-order valence-electron chi connectivity index (χ0n) is 17.6. The van der Waals surface area contributed by atoms with Crippen LogP contribution in [0.3, 0.4) is 0 Å². The standard InChI is InChI=1S/C23H22FN5O2S/c1-14(2)29(11-20-25-18-6-4-3-5-17(18)22(31)27-20)12-21(30)28-23-26-19(13-32-23)15-7-9-16(24)10-8-15/h3-10,13-14H,11-12H2,1-2H3,(H,25,27,31)(H,26,28,30). The highest BCUT2D eigenvalue weighted by Gasteiger charge is 2.17. The number of anilines is 1. The van der Waals surface area contributed by atoms with Crippen molar-refractivity contribution in [2.24, 2.45) is 0 Å². The zero-order valence-corrected chi connectivity index (χ0v) is 18.4. The second kappa shape index (κ2) is 9.37. The van der Waals surface area contributed by atoms with E-state index >= 15 is 0 Å². The zero-order chi connectivity index (χ0) is 22.7. The fourth-order valence-corrected chi connectivity index (χ4v) is 3.99. The number of aromatic amines is 1. The molecule has 0 radical (unpaired) electrons. The average molecular weight is 452 g/mol. The smallest absolute Gasteiger partial charge is 0.258 e. The molecule has 2 aromatic carbocycles. The van der Waals surface area contributed by atoms with Crippen LogP contribution in [0, 0.1) is 5.82 Å². The number of H-pyrrole nitrogens is 1. The summed E-state index contributed by atoms with van der Waals surface area (Å²) in [5.74, 6) is -0.0292. The van der Waals surface area contributed by atoms with E-state index in [0.717, 1.165) is 5.56 Å². The minimum atomic E-state index is -0.312. The Morgan fingerprint density at radius 3 is 2.66 bits per heavy atom. The molecule has 0 aliphatic rings. The van der Waals surface area contributed by atoms with Crippen molar-refractivity contribution in [1.82, 2.24) is 19.9 Å². The van der Waals surface area contributed by atoms with Gasteiger partial charge >= 0.3 is 0 Å². The van der Waals surface area contributed by atoms with E-state index in [4.69, 9.17) is 0 Å². The summed E-state index contributed by atoms with van der Waals surface area (Å²) >= 11 is 1.30. The maximum atomic E-state index is 13.1. The Hall–Kier alpha value is -3.43. The predicted molar refractivity (Wildman–Crippen MR) is 124 cm³/mol. The number of rotatable bonds is 7. The van der Waals surface area contributed by atoms with Crippen LogP contribution >= 0.6 is 11.3 Å². The lowest BCUT2D eigenvalue weighted by Crippen LogP contribution is -2.38. The third-order valence-electron chi connectivity index (χ3n) is 4.98. The van der Waals surface area contributed by atoms with Crippen LogP contribution < -0.4 is 10.9 Å². The highest BCUT2D eigenvalue weighted by atomic mass is 32.1. The van der Waals surface area contributed by atoms with E-state index in [1.165, 1.54) is 23.5 Å². The van der Waals surface area contributed by atoms with Crippen LogP contribution in [0.1, 0.15) is 19.7 Å². The number of aromatic nitrogens is 3. The van der Waals surface area contributed by atoms with Gasteiger partial charge in [-0.15, -0.1) is 11.3 Å². The van der Waals surface area contributed by atoms with Crippen molar-refractivity contribution in [2.75, 3.05) is 11.9 Å². The highest BCUT2D eigenvalue weighted by Crippen LogP contribution is 2.25. The first kappa shape index (κ1) is 21.8. The third kappa shape index (κ3) is 5.06. The molecule has 7 nitrogen and oxygen atoms in total. The van der Waals surface area contributed by atoms with Gasteiger partial charge in [0.1, 0.15) is 11.6 Å². The number of carbonyl (C=O) groups excluding carboxylic acids is 1. The van der Waals surface area contributed by atoms with Gasteiger partial charge in [0.15, 0.2) is 5.13 Å². The first-order valence-corrected chi connectivity index (χ1v) is 11.0. The fourth-order valence-electron chi connectivity index (χ4n) is 3.25. The van der Waals surface area contributed by atoms with Gasteiger partial charge in [-0.2, -0.15) is 0 Å². The molecular weight excluding hydrogens is 429 g/mol. The molecule has 0 unspecified atom stereocenters. The first-order valence-electron chi connectivity index (χ1n) is 10.1. The van der Waals surface area contributed by atoms with Crippen molar-refractivity contribution in [3.05, 3.63) is 75.9 Å². The normalized spacial score (nSPS) is 11.4. The van der Waals surface area contributed by atoms with Gasteiger partial charge in [-0.25, -0.2) is 14.4 Å². The van der Waals surface area contributed by atoms with E-state index < -0.39 is 0 Å². The molecule has 0 fully saturated rings. The molecule has 0 aliphatic heterocycles. The van der Waals surface area contributed by atoms with Gasteiger partial charge in [-0.1, -0.05) is 12.1 Å². The summed E-state index contributed by atoms with van der Waals surface area (Å²) in [5, 5.41) is 5.63. The van der Waals surface area contributed by atoms with Gasteiger partial charge in [0, 0.05) is 17.0 Å². The van der Waals surface area contributed by atoms with Crippen LogP contribution in [0.4, 0.5) is 9.52 Å². The second-order valence-electron chi connectivity index (χ2n) is 7.62. The van der Waals surface area contributed by atoms with Gasteiger partial charge in [0.05, 0.1) is 29.7 Å². The van der Waals surface area contributed by atoms with Crippen molar-refractivity contribution in [3.63, 3.8) is 0 Å². The summed E-state index contributed by atoms with van der Waals surface area (Å²) in [6.45, 7) is 4.38. The Morgan fingerprint density at radius 2 is 1.91 bits per heavy atom. The molecule has 32 heavy (non-hydrogen) atoms. The quantitative estimate of drug-likeness (QED) is 0.443. The number of halogens is 1. The number of hydrogen-bond donors (Lipinski definition) is 2. The number of para-hydroxylation sites is 1. The lowest BCUT2D eigenvalue weighted by Gasteiger charge is -2.25. The largest absolute Gasteiger partial charge is 0.309 e. The highest BCUT2D eigenvalue weighted by molar-refractivity contribution is 7.14. The van der Waals surface area contributed by atoms with E-state index in [1.807, 2.05) is 30.2 Å². The predicted octanol–water partition coefficient (Wildman–Crippen LogP) is 4.03.